The van der Waals surface area contributed by atoms with Crippen molar-refractivity contribution in [1.29, 1.82) is 0 Å². The molecule has 0 bridgehead atoms. The third-order valence-electron chi connectivity index (χ3n) is 3.55. The molecule has 21 heavy (non-hydrogen) atoms. The number of nitrogens with one attached hydrogen (secondary N) is 1. The minimum atomic E-state index is -1.05. The van der Waals surface area contributed by atoms with Crippen LogP contribution in [0.5, 0.6) is 0 Å². The summed E-state index contributed by atoms with van der Waals surface area (Å²) >= 11 is 6.25. The molecule has 1 aromatic carbocycles. The van der Waals surface area contributed by atoms with Crippen molar-refractivity contribution < 1.29 is 14.7 Å². The van der Waals surface area contributed by atoms with Gasteiger partial charge in [-0.05, 0) is 19.4 Å². The number of carboxylic acids is 1. The maximum absolute atomic E-state index is 12.6. The minimum Gasteiger partial charge on any atom is -0.480 e. The molecule has 1 atom stereocenters. The van der Waals surface area contributed by atoms with E-state index in [0.29, 0.717) is 11.4 Å². The zero-order valence-corrected chi connectivity index (χ0v) is 12.6. The number of carbonyl (C=O) groups excluding carboxylic acids is 1. The van der Waals surface area contributed by atoms with Crippen molar-refractivity contribution in [2.45, 2.75) is 26.3 Å². The summed E-state index contributed by atoms with van der Waals surface area (Å²) in [6, 6.07) is 7.13. The van der Waals surface area contributed by atoms with Gasteiger partial charge < -0.3 is 15.0 Å². The number of nitrogens with zero attached hydrogens (tertiary/aromatic N) is 1. The van der Waals surface area contributed by atoms with Crippen LogP contribution in [0.1, 0.15) is 30.8 Å². The van der Waals surface area contributed by atoms with Gasteiger partial charge in [-0.1, -0.05) is 36.7 Å². The molecule has 1 unspecified atom stereocenters. The van der Waals surface area contributed by atoms with Crippen LogP contribution in [0, 0.1) is 0 Å². The second-order valence-corrected chi connectivity index (χ2v) is 5.32. The number of para-hydroxylation sites is 1. The first-order chi connectivity index (χ1) is 9.95. The molecule has 2 N–H and O–H groups in total. The van der Waals surface area contributed by atoms with E-state index in [9.17, 15) is 9.59 Å². The fourth-order valence-corrected chi connectivity index (χ4v) is 2.49. The van der Waals surface area contributed by atoms with Crippen molar-refractivity contribution in [3.8, 4) is 0 Å². The number of halogens is 1. The molecule has 2 aromatic rings. The van der Waals surface area contributed by atoms with Crippen LogP contribution in [-0.2, 0) is 4.79 Å². The summed E-state index contributed by atoms with van der Waals surface area (Å²) < 4.78 is 0. The molecule has 112 valence electrons. The summed E-state index contributed by atoms with van der Waals surface area (Å²) in [6.45, 7) is 3.37. The Kier molecular flexibility index (Phi) is 4.53. The van der Waals surface area contributed by atoms with E-state index < -0.39 is 11.9 Å². The summed E-state index contributed by atoms with van der Waals surface area (Å²) in [5, 5.41) is 10.1. The predicted octanol–water partition coefficient (Wildman–Crippen LogP) is 3.15. The van der Waals surface area contributed by atoms with Crippen molar-refractivity contribution in [2.75, 3.05) is 6.54 Å². The fourth-order valence-electron chi connectivity index (χ4n) is 2.19. The Bertz CT molecular complexity index is 681. The number of hydrogen-bond donors (Lipinski definition) is 2. The summed E-state index contributed by atoms with van der Waals surface area (Å²) in [6.07, 6.45) is 0.664. The summed E-state index contributed by atoms with van der Waals surface area (Å²) in [7, 11) is 0. The first-order valence-corrected chi connectivity index (χ1v) is 7.12. The molecule has 6 heteroatoms. The zero-order valence-electron chi connectivity index (χ0n) is 11.9. The van der Waals surface area contributed by atoms with Gasteiger partial charge in [-0.3, -0.25) is 9.59 Å². The topological polar surface area (TPSA) is 73.4 Å². The van der Waals surface area contributed by atoms with Crippen molar-refractivity contribution in [3.63, 3.8) is 0 Å². The Morgan fingerprint density at radius 2 is 2.05 bits per heavy atom. The van der Waals surface area contributed by atoms with Crippen molar-refractivity contribution in [2.24, 2.45) is 0 Å². The van der Waals surface area contributed by atoms with Gasteiger partial charge in [0.15, 0.2) is 0 Å². The summed E-state index contributed by atoms with van der Waals surface area (Å²) in [5.41, 5.74) is 0.990. The number of aliphatic carboxylic acids is 1. The zero-order chi connectivity index (χ0) is 15.6. The van der Waals surface area contributed by atoms with Gasteiger partial charge in [-0.2, -0.15) is 0 Å². The van der Waals surface area contributed by atoms with Crippen LogP contribution in [0.15, 0.2) is 24.3 Å². The highest BCUT2D eigenvalue weighted by Gasteiger charge is 2.26. The molecule has 5 nitrogen and oxygen atoms in total. The predicted molar refractivity (Wildman–Crippen MR) is 81.7 cm³/mol. The third kappa shape index (κ3) is 3.03. The average molecular weight is 309 g/mol. The molecule has 0 saturated carbocycles. The number of amides is 1. The smallest absolute Gasteiger partial charge is 0.323 e. The van der Waals surface area contributed by atoms with Crippen molar-refractivity contribution in [1.82, 2.24) is 9.88 Å². The molecular weight excluding hydrogens is 292 g/mol. The molecule has 0 aliphatic carbocycles. The molecule has 0 fully saturated rings. The maximum atomic E-state index is 12.6. The monoisotopic (exact) mass is 308 g/mol. The molecule has 0 radical (unpaired) electrons. The molecular formula is C15H17ClN2O3. The van der Waals surface area contributed by atoms with Gasteiger partial charge in [-0.15, -0.1) is 0 Å². The van der Waals surface area contributed by atoms with E-state index in [-0.39, 0.29) is 18.3 Å². The van der Waals surface area contributed by atoms with Crippen LogP contribution in [0.25, 0.3) is 10.9 Å². The molecule has 1 aromatic heterocycles. The molecule has 0 spiro atoms. The highest BCUT2D eigenvalue weighted by atomic mass is 35.5. The van der Waals surface area contributed by atoms with Crippen LogP contribution in [0.4, 0.5) is 0 Å². The standard InChI is InChI=1S/C15H17ClN2O3/c1-3-9(2)18(8-12(19)20)15(21)14-13(16)10-6-4-5-7-11(10)17-14/h4-7,9,17H,3,8H2,1-2H3,(H,19,20). The number of aromatic nitrogens is 1. The molecule has 2 rings (SSSR count). The molecule has 0 aliphatic heterocycles. The molecule has 0 aliphatic rings. The lowest BCUT2D eigenvalue weighted by Gasteiger charge is -2.26. The second-order valence-electron chi connectivity index (χ2n) is 4.94. The lowest BCUT2D eigenvalue weighted by molar-refractivity contribution is -0.138. The van der Waals surface area contributed by atoms with Gasteiger partial charge in [0.1, 0.15) is 12.2 Å². The van der Waals surface area contributed by atoms with Gasteiger partial charge in [-0.25, -0.2) is 0 Å². The van der Waals surface area contributed by atoms with Gasteiger partial charge in [0.05, 0.1) is 5.02 Å². The highest BCUT2D eigenvalue weighted by Crippen LogP contribution is 2.28. The Morgan fingerprint density at radius 1 is 1.38 bits per heavy atom. The van der Waals surface area contributed by atoms with Gasteiger partial charge in [0, 0.05) is 16.9 Å². The Morgan fingerprint density at radius 3 is 2.62 bits per heavy atom. The quantitative estimate of drug-likeness (QED) is 0.891. The first kappa shape index (κ1) is 15.4. The van der Waals surface area contributed by atoms with Crippen LogP contribution in [0.2, 0.25) is 5.02 Å². The number of fused-ring (bicyclic) bond motifs is 1. The molecule has 0 saturated heterocycles. The first-order valence-electron chi connectivity index (χ1n) is 6.74. The van der Waals surface area contributed by atoms with Crippen LogP contribution >= 0.6 is 11.6 Å². The number of carbonyl (C=O) groups is 2. The number of rotatable bonds is 5. The SMILES string of the molecule is CCC(C)N(CC(=O)O)C(=O)c1[nH]c2ccccc2c1Cl. The maximum Gasteiger partial charge on any atom is 0.323 e. The van der Waals surface area contributed by atoms with Crippen molar-refractivity contribution >= 4 is 34.4 Å². The largest absolute Gasteiger partial charge is 0.480 e. The molecule has 1 heterocycles. The van der Waals surface area contributed by atoms with Gasteiger partial charge in [0.25, 0.3) is 5.91 Å². The molecule has 1 amide bonds. The average Bonchev–Trinajstić information content (AvgIpc) is 2.81. The number of hydrogen-bond acceptors (Lipinski definition) is 2. The van der Waals surface area contributed by atoms with Crippen LogP contribution in [0.3, 0.4) is 0 Å². The third-order valence-corrected chi connectivity index (χ3v) is 3.94. The van der Waals surface area contributed by atoms with Crippen LogP contribution in [-0.4, -0.2) is 39.5 Å². The Hall–Kier alpha value is -2.01. The van der Waals surface area contributed by atoms with Crippen LogP contribution < -0.4 is 0 Å². The second kappa shape index (κ2) is 6.18. The Labute approximate surface area is 127 Å². The van der Waals surface area contributed by atoms with E-state index in [0.717, 1.165) is 10.9 Å². The fraction of sp³-hybridized carbons (Fsp3) is 0.333. The van der Waals surface area contributed by atoms with E-state index >= 15 is 0 Å². The number of H-pyrrole nitrogens is 1. The van der Waals surface area contributed by atoms with E-state index in [1.807, 2.05) is 38.1 Å². The van der Waals surface area contributed by atoms with E-state index in [4.69, 9.17) is 16.7 Å². The number of aromatic amines is 1. The van der Waals surface area contributed by atoms with E-state index in [1.54, 1.807) is 0 Å². The minimum absolute atomic E-state index is 0.184. The van der Waals surface area contributed by atoms with E-state index in [1.165, 1.54) is 4.90 Å². The summed E-state index contributed by atoms with van der Waals surface area (Å²) in [5.74, 6) is -1.44. The number of benzene rings is 1. The normalized spacial score (nSPS) is 12.3. The lowest BCUT2D eigenvalue weighted by Crippen LogP contribution is -2.42. The Balaban J connectivity index is 2.43. The van der Waals surface area contributed by atoms with Gasteiger partial charge >= 0.3 is 5.97 Å². The number of carboxylic acid groups (broad SMARTS) is 1. The highest BCUT2D eigenvalue weighted by molar-refractivity contribution is 6.38. The summed E-state index contributed by atoms with van der Waals surface area (Å²) in [4.78, 5) is 27.9. The van der Waals surface area contributed by atoms with Gasteiger partial charge in [0.2, 0.25) is 0 Å². The lowest BCUT2D eigenvalue weighted by atomic mass is 10.2. The van der Waals surface area contributed by atoms with E-state index in [2.05, 4.69) is 4.98 Å². The van der Waals surface area contributed by atoms with Crippen molar-refractivity contribution in [3.05, 3.63) is 35.0 Å².